The molecule has 1 aromatic rings. The number of methoxy groups -OCH3 is 1. The SMILES string of the molecule is COC(=O)c1ccc(OCCl)cc1. The number of halogens is 1. The molecule has 0 spiro atoms. The fourth-order valence-electron chi connectivity index (χ4n) is 0.868. The number of alkyl halides is 1. The summed E-state index contributed by atoms with van der Waals surface area (Å²) in [4.78, 5) is 11.0. The first-order valence-corrected chi connectivity index (χ1v) is 4.18. The largest absolute Gasteiger partial charge is 0.478 e. The van der Waals surface area contributed by atoms with Gasteiger partial charge in [0.25, 0.3) is 0 Å². The van der Waals surface area contributed by atoms with Crippen LogP contribution >= 0.6 is 11.6 Å². The van der Waals surface area contributed by atoms with Crippen LogP contribution in [0.2, 0.25) is 0 Å². The van der Waals surface area contributed by atoms with Crippen LogP contribution in [-0.4, -0.2) is 19.1 Å². The molecule has 0 atom stereocenters. The zero-order chi connectivity index (χ0) is 9.68. The Bertz CT molecular complexity index is 281. The summed E-state index contributed by atoms with van der Waals surface area (Å²) in [5.74, 6) is 0.264. The lowest BCUT2D eigenvalue weighted by Gasteiger charge is -2.02. The molecular formula is C9H9ClO3. The van der Waals surface area contributed by atoms with Crippen LogP contribution in [0.5, 0.6) is 5.75 Å². The minimum atomic E-state index is -0.363. The van der Waals surface area contributed by atoms with Gasteiger partial charge >= 0.3 is 5.97 Å². The van der Waals surface area contributed by atoms with E-state index in [0.717, 1.165) is 0 Å². The second-order valence-electron chi connectivity index (χ2n) is 2.27. The van der Waals surface area contributed by atoms with Gasteiger partial charge in [-0.25, -0.2) is 4.79 Å². The van der Waals surface area contributed by atoms with Crippen LogP contribution in [0, 0.1) is 0 Å². The van der Waals surface area contributed by atoms with Gasteiger partial charge in [-0.05, 0) is 24.3 Å². The maximum absolute atomic E-state index is 11.0. The molecule has 1 aromatic carbocycles. The third kappa shape index (κ3) is 2.63. The zero-order valence-electron chi connectivity index (χ0n) is 7.12. The van der Waals surface area contributed by atoms with Crippen LogP contribution in [0.4, 0.5) is 0 Å². The van der Waals surface area contributed by atoms with E-state index in [4.69, 9.17) is 16.3 Å². The molecule has 0 N–H and O–H groups in total. The van der Waals surface area contributed by atoms with Gasteiger partial charge in [0, 0.05) is 0 Å². The molecule has 0 saturated heterocycles. The van der Waals surface area contributed by atoms with Gasteiger partial charge in [-0.15, -0.1) is 0 Å². The normalized spacial score (nSPS) is 9.38. The lowest BCUT2D eigenvalue weighted by molar-refractivity contribution is 0.0600. The molecule has 70 valence electrons. The molecule has 0 radical (unpaired) electrons. The molecule has 0 aliphatic rings. The first-order chi connectivity index (χ1) is 6.27. The van der Waals surface area contributed by atoms with Crippen molar-refractivity contribution >= 4 is 17.6 Å². The lowest BCUT2D eigenvalue weighted by Crippen LogP contribution is -2.00. The Balaban J connectivity index is 2.75. The predicted molar refractivity (Wildman–Crippen MR) is 49.1 cm³/mol. The Labute approximate surface area is 81.2 Å². The summed E-state index contributed by atoms with van der Waals surface area (Å²) in [6, 6.07) is 6.66. The van der Waals surface area contributed by atoms with Crippen molar-refractivity contribution in [3.8, 4) is 5.75 Å². The number of rotatable bonds is 3. The summed E-state index contributed by atoms with van der Waals surface area (Å²) in [7, 11) is 1.34. The van der Waals surface area contributed by atoms with Crippen molar-refractivity contribution in [3.63, 3.8) is 0 Å². The lowest BCUT2D eigenvalue weighted by atomic mass is 10.2. The highest BCUT2D eigenvalue weighted by Crippen LogP contribution is 2.12. The van der Waals surface area contributed by atoms with E-state index in [2.05, 4.69) is 4.74 Å². The first kappa shape index (κ1) is 9.86. The van der Waals surface area contributed by atoms with E-state index in [0.29, 0.717) is 11.3 Å². The zero-order valence-corrected chi connectivity index (χ0v) is 7.88. The van der Waals surface area contributed by atoms with E-state index in [1.807, 2.05) is 0 Å². The third-order valence-electron chi connectivity index (χ3n) is 1.50. The summed E-state index contributed by atoms with van der Waals surface area (Å²) in [5, 5.41) is 0. The molecule has 0 aromatic heterocycles. The maximum atomic E-state index is 11.0. The minimum Gasteiger partial charge on any atom is -0.478 e. The quantitative estimate of drug-likeness (QED) is 0.554. The highest BCUT2D eigenvalue weighted by atomic mass is 35.5. The molecule has 0 unspecified atom stereocenters. The molecule has 0 bridgehead atoms. The molecule has 0 heterocycles. The van der Waals surface area contributed by atoms with Gasteiger partial charge in [0.05, 0.1) is 12.7 Å². The van der Waals surface area contributed by atoms with Crippen molar-refractivity contribution in [1.82, 2.24) is 0 Å². The van der Waals surface area contributed by atoms with Gasteiger partial charge in [-0.3, -0.25) is 0 Å². The standard InChI is InChI=1S/C9H9ClO3/c1-12-9(11)7-2-4-8(5-3-7)13-6-10/h2-5H,6H2,1H3. The van der Waals surface area contributed by atoms with E-state index in [9.17, 15) is 4.79 Å². The molecule has 0 fully saturated rings. The summed E-state index contributed by atoms with van der Waals surface area (Å²) in [6.45, 7) is 0. The number of carbonyl (C=O) groups is 1. The van der Waals surface area contributed by atoms with Crippen molar-refractivity contribution in [1.29, 1.82) is 0 Å². The summed E-state index contributed by atoms with van der Waals surface area (Å²) < 4.78 is 9.52. The van der Waals surface area contributed by atoms with Gasteiger partial charge in [-0.1, -0.05) is 11.6 Å². The molecule has 0 aliphatic heterocycles. The van der Waals surface area contributed by atoms with Gasteiger partial charge in [0.15, 0.2) is 6.07 Å². The van der Waals surface area contributed by atoms with E-state index in [1.54, 1.807) is 24.3 Å². The van der Waals surface area contributed by atoms with Crippen molar-refractivity contribution in [3.05, 3.63) is 29.8 Å². The van der Waals surface area contributed by atoms with Gasteiger partial charge in [0.2, 0.25) is 0 Å². The molecule has 0 aliphatic carbocycles. The monoisotopic (exact) mass is 200 g/mol. The molecular weight excluding hydrogens is 192 g/mol. The molecule has 0 saturated carbocycles. The van der Waals surface area contributed by atoms with E-state index >= 15 is 0 Å². The number of hydrogen-bond acceptors (Lipinski definition) is 3. The fourth-order valence-corrected chi connectivity index (χ4v) is 0.994. The van der Waals surface area contributed by atoms with E-state index < -0.39 is 0 Å². The highest BCUT2D eigenvalue weighted by molar-refractivity contribution is 6.17. The summed E-state index contributed by atoms with van der Waals surface area (Å²) in [6.07, 6.45) is 0. The number of ether oxygens (including phenoxy) is 2. The Morgan fingerprint density at radius 2 is 2.00 bits per heavy atom. The summed E-state index contributed by atoms with van der Waals surface area (Å²) in [5.41, 5.74) is 0.490. The number of benzene rings is 1. The minimum absolute atomic E-state index is 0.0948. The number of esters is 1. The highest BCUT2D eigenvalue weighted by Gasteiger charge is 2.03. The van der Waals surface area contributed by atoms with Crippen molar-refractivity contribution in [2.24, 2.45) is 0 Å². The van der Waals surface area contributed by atoms with Crippen molar-refractivity contribution in [2.45, 2.75) is 0 Å². The third-order valence-corrected chi connectivity index (χ3v) is 1.61. The van der Waals surface area contributed by atoms with Gasteiger partial charge in [-0.2, -0.15) is 0 Å². The van der Waals surface area contributed by atoms with E-state index in [1.165, 1.54) is 7.11 Å². The molecule has 1 rings (SSSR count). The first-order valence-electron chi connectivity index (χ1n) is 3.65. The molecule has 4 heteroatoms. The van der Waals surface area contributed by atoms with Crippen LogP contribution < -0.4 is 4.74 Å². The van der Waals surface area contributed by atoms with Crippen LogP contribution in [0.15, 0.2) is 24.3 Å². The molecule has 0 amide bonds. The Morgan fingerprint density at radius 1 is 1.38 bits per heavy atom. The van der Waals surface area contributed by atoms with Crippen molar-refractivity contribution in [2.75, 3.05) is 13.2 Å². The predicted octanol–water partition coefficient (Wildman–Crippen LogP) is 2.05. The van der Waals surface area contributed by atoms with Crippen LogP contribution in [0.1, 0.15) is 10.4 Å². The Hall–Kier alpha value is -1.22. The topological polar surface area (TPSA) is 35.5 Å². The van der Waals surface area contributed by atoms with Crippen molar-refractivity contribution < 1.29 is 14.3 Å². The van der Waals surface area contributed by atoms with Crippen LogP contribution in [0.25, 0.3) is 0 Å². The van der Waals surface area contributed by atoms with Gasteiger partial charge in [0.1, 0.15) is 5.75 Å². The van der Waals surface area contributed by atoms with Crippen LogP contribution in [-0.2, 0) is 4.74 Å². The fraction of sp³-hybridized carbons (Fsp3) is 0.222. The Kier molecular flexibility index (Phi) is 3.58. The second-order valence-corrected chi connectivity index (χ2v) is 2.49. The van der Waals surface area contributed by atoms with Gasteiger partial charge < -0.3 is 9.47 Å². The average Bonchev–Trinajstić information content (AvgIpc) is 2.18. The Morgan fingerprint density at radius 3 is 2.46 bits per heavy atom. The maximum Gasteiger partial charge on any atom is 0.337 e. The van der Waals surface area contributed by atoms with Crippen LogP contribution in [0.3, 0.4) is 0 Å². The molecule has 13 heavy (non-hydrogen) atoms. The summed E-state index contributed by atoms with van der Waals surface area (Å²) >= 11 is 5.35. The molecule has 3 nitrogen and oxygen atoms in total. The van der Waals surface area contributed by atoms with E-state index in [-0.39, 0.29) is 12.0 Å². The second kappa shape index (κ2) is 4.72. The number of carbonyl (C=O) groups excluding carboxylic acids is 1. The average molecular weight is 201 g/mol. The smallest absolute Gasteiger partial charge is 0.337 e. The number of hydrogen-bond donors (Lipinski definition) is 0.